The van der Waals surface area contributed by atoms with Crippen LogP contribution in [0, 0.1) is 0 Å². The summed E-state index contributed by atoms with van der Waals surface area (Å²) in [5.41, 5.74) is 0. The zero-order valence-electron chi connectivity index (χ0n) is 7.06. The SMILES string of the molecule is CC(S[C@@H]1CCC[C@H]1O)C(=O)O. The topological polar surface area (TPSA) is 57.5 Å². The van der Waals surface area contributed by atoms with E-state index in [9.17, 15) is 9.90 Å². The largest absolute Gasteiger partial charge is 0.480 e. The van der Waals surface area contributed by atoms with Gasteiger partial charge < -0.3 is 10.2 Å². The summed E-state index contributed by atoms with van der Waals surface area (Å²) < 4.78 is 0. The highest BCUT2D eigenvalue weighted by Gasteiger charge is 2.28. The Kier molecular flexibility index (Phi) is 3.40. The number of thioether (sulfide) groups is 1. The highest BCUT2D eigenvalue weighted by molar-refractivity contribution is 8.01. The Hall–Kier alpha value is -0.220. The summed E-state index contributed by atoms with van der Waals surface area (Å²) in [5.74, 6) is -0.792. The number of carbonyl (C=O) groups is 1. The summed E-state index contributed by atoms with van der Waals surface area (Å²) in [6.07, 6.45) is 2.50. The fraction of sp³-hybridized carbons (Fsp3) is 0.875. The van der Waals surface area contributed by atoms with Crippen molar-refractivity contribution in [1.82, 2.24) is 0 Å². The van der Waals surface area contributed by atoms with Crippen LogP contribution in [0.2, 0.25) is 0 Å². The van der Waals surface area contributed by atoms with Crippen molar-refractivity contribution < 1.29 is 15.0 Å². The molecular weight excluding hydrogens is 176 g/mol. The van der Waals surface area contributed by atoms with Crippen LogP contribution in [0.25, 0.3) is 0 Å². The monoisotopic (exact) mass is 190 g/mol. The molecule has 1 saturated carbocycles. The first-order valence-corrected chi connectivity index (χ1v) is 5.12. The third-order valence-electron chi connectivity index (χ3n) is 2.14. The van der Waals surface area contributed by atoms with Crippen molar-refractivity contribution in [3.8, 4) is 0 Å². The highest BCUT2D eigenvalue weighted by Crippen LogP contribution is 2.32. The Morgan fingerprint density at radius 2 is 2.25 bits per heavy atom. The molecule has 3 nitrogen and oxygen atoms in total. The van der Waals surface area contributed by atoms with Crippen LogP contribution in [0.5, 0.6) is 0 Å². The quantitative estimate of drug-likeness (QED) is 0.700. The minimum absolute atomic E-state index is 0.135. The molecule has 0 aliphatic heterocycles. The summed E-state index contributed by atoms with van der Waals surface area (Å²) in [6, 6.07) is 0. The van der Waals surface area contributed by atoms with Gasteiger partial charge >= 0.3 is 5.97 Å². The first kappa shape index (κ1) is 9.86. The van der Waals surface area contributed by atoms with Gasteiger partial charge in [0.05, 0.1) is 11.4 Å². The molecular formula is C8H14O3S. The number of rotatable bonds is 3. The van der Waals surface area contributed by atoms with Gasteiger partial charge in [0.25, 0.3) is 0 Å². The standard InChI is InChI=1S/C8H14O3S/c1-5(8(10)11)12-7-4-2-3-6(7)9/h5-7,9H,2-4H2,1H3,(H,10,11)/t5?,6-,7-/m1/s1. The molecule has 70 valence electrons. The van der Waals surface area contributed by atoms with Gasteiger partial charge in [-0.15, -0.1) is 11.8 Å². The predicted octanol–water partition coefficient (Wildman–Crippen LogP) is 1.11. The van der Waals surface area contributed by atoms with Crippen LogP contribution in [-0.2, 0) is 4.79 Å². The van der Waals surface area contributed by atoms with Gasteiger partial charge in [-0.2, -0.15) is 0 Å². The van der Waals surface area contributed by atoms with Gasteiger partial charge in [0, 0.05) is 5.25 Å². The van der Waals surface area contributed by atoms with Crippen molar-refractivity contribution in [1.29, 1.82) is 0 Å². The normalized spacial score (nSPS) is 31.8. The van der Waals surface area contributed by atoms with Crippen LogP contribution in [0.15, 0.2) is 0 Å². The lowest BCUT2D eigenvalue weighted by Crippen LogP contribution is -2.22. The highest BCUT2D eigenvalue weighted by atomic mass is 32.2. The number of hydrogen-bond donors (Lipinski definition) is 2. The summed E-state index contributed by atoms with van der Waals surface area (Å²) >= 11 is 1.37. The van der Waals surface area contributed by atoms with Gasteiger partial charge in [-0.05, 0) is 26.2 Å². The smallest absolute Gasteiger partial charge is 0.316 e. The molecule has 0 aromatic carbocycles. The lowest BCUT2D eigenvalue weighted by Gasteiger charge is -2.15. The first-order chi connectivity index (χ1) is 5.61. The molecule has 0 radical (unpaired) electrons. The second-order valence-corrected chi connectivity index (χ2v) is 4.74. The van der Waals surface area contributed by atoms with Gasteiger partial charge in [0.2, 0.25) is 0 Å². The number of carboxylic acid groups (broad SMARTS) is 1. The number of aliphatic hydroxyl groups is 1. The lowest BCUT2D eigenvalue weighted by atomic mass is 10.3. The fourth-order valence-corrected chi connectivity index (χ4v) is 2.65. The third kappa shape index (κ3) is 2.38. The van der Waals surface area contributed by atoms with E-state index in [1.165, 1.54) is 11.8 Å². The summed E-state index contributed by atoms with van der Waals surface area (Å²) in [6.45, 7) is 1.66. The van der Waals surface area contributed by atoms with E-state index in [0.29, 0.717) is 0 Å². The van der Waals surface area contributed by atoms with E-state index in [0.717, 1.165) is 19.3 Å². The Balaban J connectivity index is 2.35. The Morgan fingerprint density at radius 1 is 1.58 bits per heavy atom. The van der Waals surface area contributed by atoms with E-state index in [1.807, 2.05) is 0 Å². The average molecular weight is 190 g/mol. The van der Waals surface area contributed by atoms with Gasteiger partial charge in [-0.3, -0.25) is 4.79 Å². The van der Waals surface area contributed by atoms with E-state index in [4.69, 9.17) is 5.11 Å². The molecule has 2 N–H and O–H groups in total. The Labute approximate surface area is 76.2 Å². The first-order valence-electron chi connectivity index (χ1n) is 4.17. The zero-order valence-corrected chi connectivity index (χ0v) is 7.88. The average Bonchev–Trinajstić information content (AvgIpc) is 2.36. The molecule has 1 aliphatic rings. The Morgan fingerprint density at radius 3 is 2.67 bits per heavy atom. The van der Waals surface area contributed by atoms with E-state index < -0.39 is 11.2 Å². The molecule has 0 bridgehead atoms. The minimum Gasteiger partial charge on any atom is -0.480 e. The van der Waals surface area contributed by atoms with Crippen LogP contribution in [0.3, 0.4) is 0 Å². The zero-order chi connectivity index (χ0) is 9.14. The molecule has 4 heteroatoms. The number of aliphatic carboxylic acids is 1. The number of carboxylic acids is 1. The molecule has 0 spiro atoms. The van der Waals surface area contributed by atoms with Crippen molar-refractivity contribution in [3.05, 3.63) is 0 Å². The third-order valence-corrected chi connectivity index (χ3v) is 3.65. The van der Waals surface area contributed by atoms with Gasteiger partial charge in [0.1, 0.15) is 0 Å². The van der Waals surface area contributed by atoms with Gasteiger partial charge in [-0.1, -0.05) is 0 Å². The summed E-state index contributed by atoms with van der Waals surface area (Å²) in [4.78, 5) is 10.5. The lowest BCUT2D eigenvalue weighted by molar-refractivity contribution is -0.136. The van der Waals surface area contributed by atoms with E-state index in [1.54, 1.807) is 6.92 Å². The van der Waals surface area contributed by atoms with Gasteiger partial charge in [0.15, 0.2) is 0 Å². The van der Waals surface area contributed by atoms with Crippen LogP contribution >= 0.6 is 11.8 Å². The molecule has 0 heterocycles. The number of hydrogen-bond acceptors (Lipinski definition) is 3. The van der Waals surface area contributed by atoms with Crippen LogP contribution in [0.4, 0.5) is 0 Å². The van der Waals surface area contributed by atoms with E-state index in [-0.39, 0.29) is 11.4 Å². The molecule has 12 heavy (non-hydrogen) atoms. The molecule has 1 rings (SSSR count). The summed E-state index contributed by atoms with van der Waals surface area (Å²) in [5, 5.41) is 17.8. The molecule has 0 aromatic heterocycles. The van der Waals surface area contributed by atoms with Crippen LogP contribution < -0.4 is 0 Å². The second-order valence-electron chi connectivity index (χ2n) is 3.15. The Bertz CT molecular complexity index is 172. The minimum atomic E-state index is -0.792. The molecule has 3 atom stereocenters. The van der Waals surface area contributed by atoms with E-state index >= 15 is 0 Å². The van der Waals surface area contributed by atoms with Crippen molar-refractivity contribution in [2.75, 3.05) is 0 Å². The molecule has 0 amide bonds. The van der Waals surface area contributed by atoms with Crippen LogP contribution in [-0.4, -0.2) is 32.8 Å². The van der Waals surface area contributed by atoms with Crippen molar-refractivity contribution in [2.24, 2.45) is 0 Å². The molecule has 0 aromatic rings. The molecule has 0 saturated heterocycles. The van der Waals surface area contributed by atoms with E-state index in [2.05, 4.69) is 0 Å². The number of aliphatic hydroxyl groups excluding tert-OH is 1. The fourth-order valence-electron chi connectivity index (χ4n) is 1.39. The maximum Gasteiger partial charge on any atom is 0.316 e. The van der Waals surface area contributed by atoms with Crippen molar-refractivity contribution in [2.45, 2.75) is 42.8 Å². The molecule has 1 unspecified atom stereocenters. The van der Waals surface area contributed by atoms with Gasteiger partial charge in [-0.25, -0.2) is 0 Å². The summed E-state index contributed by atoms with van der Waals surface area (Å²) in [7, 11) is 0. The maximum absolute atomic E-state index is 10.5. The molecule has 1 aliphatic carbocycles. The van der Waals surface area contributed by atoms with Crippen LogP contribution in [0.1, 0.15) is 26.2 Å². The predicted molar refractivity (Wildman–Crippen MR) is 48.3 cm³/mol. The maximum atomic E-state index is 10.5. The second kappa shape index (κ2) is 4.14. The van der Waals surface area contributed by atoms with Crippen molar-refractivity contribution in [3.63, 3.8) is 0 Å². The molecule has 1 fully saturated rings. The van der Waals surface area contributed by atoms with Crippen molar-refractivity contribution >= 4 is 17.7 Å².